The predicted molar refractivity (Wildman–Crippen MR) is 134 cm³/mol. The van der Waals surface area contributed by atoms with Crippen LogP contribution in [0.1, 0.15) is 10.5 Å². The Morgan fingerprint density at radius 2 is 1.79 bits per heavy atom. The Morgan fingerprint density at radius 1 is 1.03 bits per heavy atom. The number of aromatic nitrogens is 4. The lowest BCUT2D eigenvalue weighted by atomic mass is 10.3. The lowest BCUT2D eigenvalue weighted by Crippen LogP contribution is -2.51. The Bertz CT molecular complexity index is 1140. The standard InChI is InChI=1S/C23H32N10O/c1-29(2)22(34)19-14-17-15-26-23(28-21(17)33(19)32-12-10-30(3)11-13-32)27-20-5-4-18(16-25-20)31-8-6-24-7-9-31/h4-5,14-16,24H,6-13H2,1-3H3,(H,25,26,27,28). The highest BCUT2D eigenvalue weighted by molar-refractivity contribution is 5.98. The quantitative estimate of drug-likeness (QED) is 0.561. The smallest absolute Gasteiger partial charge is 0.272 e. The molecule has 2 aliphatic rings. The van der Waals surface area contributed by atoms with Gasteiger partial charge in [0.1, 0.15) is 11.5 Å². The Hall–Kier alpha value is -3.44. The third-order valence-corrected chi connectivity index (χ3v) is 6.37. The van der Waals surface area contributed by atoms with E-state index in [-0.39, 0.29) is 5.91 Å². The number of anilines is 3. The lowest BCUT2D eigenvalue weighted by molar-refractivity contribution is 0.0816. The molecule has 0 bridgehead atoms. The van der Waals surface area contributed by atoms with Crippen LogP contribution in [0.15, 0.2) is 30.6 Å². The average Bonchev–Trinajstić information content (AvgIpc) is 3.23. The van der Waals surface area contributed by atoms with Crippen LogP contribution in [0.4, 0.5) is 17.5 Å². The van der Waals surface area contributed by atoms with Crippen molar-refractivity contribution in [3.8, 4) is 0 Å². The van der Waals surface area contributed by atoms with Crippen molar-refractivity contribution < 1.29 is 4.79 Å². The number of piperazine rings is 2. The minimum absolute atomic E-state index is 0.0587. The zero-order valence-electron chi connectivity index (χ0n) is 20.0. The third-order valence-electron chi connectivity index (χ3n) is 6.37. The van der Waals surface area contributed by atoms with Crippen LogP contribution < -0.4 is 20.5 Å². The number of carbonyl (C=O) groups is 1. The number of pyridine rings is 1. The number of fused-ring (bicyclic) bond motifs is 1. The summed E-state index contributed by atoms with van der Waals surface area (Å²) in [6.07, 6.45) is 3.64. The van der Waals surface area contributed by atoms with Crippen molar-refractivity contribution in [2.24, 2.45) is 0 Å². The van der Waals surface area contributed by atoms with Crippen molar-refractivity contribution >= 4 is 34.4 Å². The summed E-state index contributed by atoms with van der Waals surface area (Å²) in [6, 6.07) is 5.89. The summed E-state index contributed by atoms with van der Waals surface area (Å²) in [5.74, 6) is 1.07. The molecule has 11 nitrogen and oxygen atoms in total. The first-order valence-electron chi connectivity index (χ1n) is 11.7. The van der Waals surface area contributed by atoms with Crippen molar-refractivity contribution in [2.75, 3.05) is 88.7 Å². The maximum absolute atomic E-state index is 13.0. The topological polar surface area (TPSA) is 97.7 Å². The number of rotatable bonds is 5. The molecule has 2 fully saturated rings. The minimum Gasteiger partial charge on any atom is -0.368 e. The third kappa shape index (κ3) is 4.48. The predicted octanol–water partition coefficient (Wildman–Crippen LogP) is 0.565. The fraction of sp³-hybridized carbons (Fsp3) is 0.478. The molecule has 0 spiro atoms. The van der Waals surface area contributed by atoms with E-state index < -0.39 is 0 Å². The maximum Gasteiger partial charge on any atom is 0.272 e. The highest BCUT2D eigenvalue weighted by Crippen LogP contribution is 2.23. The molecule has 1 amide bonds. The summed E-state index contributed by atoms with van der Waals surface area (Å²) < 4.78 is 1.96. The molecule has 5 rings (SSSR count). The summed E-state index contributed by atoms with van der Waals surface area (Å²) in [5, 5.41) is 9.61. The molecule has 0 aromatic carbocycles. The van der Waals surface area contributed by atoms with Crippen LogP contribution in [0.2, 0.25) is 0 Å². The van der Waals surface area contributed by atoms with Gasteiger partial charge in [0.2, 0.25) is 5.95 Å². The van der Waals surface area contributed by atoms with E-state index in [1.807, 2.05) is 23.0 Å². The highest BCUT2D eigenvalue weighted by atomic mass is 16.2. The summed E-state index contributed by atoms with van der Waals surface area (Å²) in [4.78, 5) is 33.0. The number of likely N-dealkylation sites (N-methyl/N-ethyl adjacent to an activating group) is 1. The maximum atomic E-state index is 13.0. The van der Waals surface area contributed by atoms with E-state index >= 15 is 0 Å². The van der Waals surface area contributed by atoms with Gasteiger partial charge in [0, 0.05) is 78.0 Å². The molecule has 5 heterocycles. The van der Waals surface area contributed by atoms with Gasteiger partial charge in [-0.1, -0.05) is 0 Å². The fourth-order valence-electron chi connectivity index (χ4n) is 4.38. The van der Waals surface area contributed by atoms with Crippen LogP contribution in [0.25, 0.3) is 11.0 Å². The summed E-state index contributed by atoms with van der Waals surface area (Å²) in [7, 11) is 5.65. The molecule has 0 unspecified atom stereocenters. The van der Waals surface area contributed by atoms with Crippen LogP contribution in [0, 0.1) is 0 Å². The van der Waals surface area contributed by atoms with Crippen molar-refractivity contribution in [3.63, 3.8) is 0 Å². The molecular weight excluding hydrogens is 432 g/mol. The van der Waals surface area contributed by atoms with E-state index in [0.29, 0.717) is 23.1 Å². The van der Waals surface area contributed by atoms with Gasteiger partial charge in [-0.2, -0.15) is 4.98 Å². The summed E-state index contributed by atoms with van der Waals surface area (Å²) >= 11 is 0. The first-order valence-corrected chi connectivity index (χ1v) is 11.7. The van der Waals surface area contributed by atoms with E-state index in [9.17, 15) is 4.79 Å². The number of carbonyl (C=O) groups excluding carboxylic acids is 1. The van der Waals surface area contributed by atoms with Crippen LogP contribution in [0.5, 0.6) is 0 Å². The van der Waals surface area contributed by atoms with E-state index in [2.05, 4.69) is 48.5 Å². The number of amides is 1. The zero-order chi connectivity index (χ0) is 23.7. The molecule has 2 aliphatic heterocycles. The van der Waals surface area contributed by atoms with Gasteiger partial charge in [0.05, 0.1) is 11.9 Å². The van der Waals surface area contributed by atoms with Gasteiger partial charge in [0.25, 0.3) is 5.91 Å². The van der Waals surface area contributed by atoms with E-state index in [1.165, 1.54) is 0 Å². The molecule has 2 N–H and O–H groups in total. The van der Waals surface area contributed by atoms with Crippen molar-refractivity contribution in [3.05, 3.63) is 36.3 Å². The molecule has 3 aromatic rings. The molecule has 0 saturated carbocycles. The van der Waals surface area contributed by atoms with Gasteiger partial charge in [-0.3, -0.25) is 4.79 Å². The average molecular weight is 465 g/mol. The van der Waals surface area contributed by atoms with Crippen molar-refractivity contribution in [1.82, 2.24) is 34.7 Å². The van der Waals surface area contributed by atoms with Crippen LogP contribution in [-0.2, 0) is 0 Å². The second kappa shape index (κ2) is 9.43. The monoisotopic (exact) mass is 464 g/mol. The molecular formula is C23H32N10O. The minimum atomic E-state index is -0.0587. The van der Waals surface area contributed by atoms with Crippen LogP contribution in [0.3, 0.4) is 0 Å². The summed E-state index contributed by atoms with van der Waals surface area (Å²) in [6.45, 7) is 7.41. The van der Waals surface area contributed by atoms with Gasteiger partial charge >= 0.3 is 0 Å². The number of nitrogens with one attached hydrogen (secondary N) is 2. The molecule has 2 saturated heterocycles. The second-order valence-electron chi connectivity index (χ2n) is 9.03. The first-order chi connectivity index (χ1) is 16.5. The van der Waals surface area contributed by atoms with Gasteiger partial charge in [-0.15, -0.1) is 0 Å². The fourth-order valence-corrected chi connectivity index (χ4v) is 4.38. The second-order valence-corrected chi connectivity index (χ2v) is 9.03. The lowest BCUT2D eigenvalue weighted by Gasteiger charge is -2.35. The molecule has 0 atom stereocenters. The SMILES string of the molecule is CN1CCN(n2c(C(=O)N(C)C)cc3cnc(Nc4ccc(N5CCNCC5)cn4)nc32)CC1. The highest BCUT2D eigenvalue weighted by Gasteiger charge is 2.25. The number of hydrogen-bond donors (Lipinski definition) is 2. The Balaban J connectivity index is 1.43. The van der Waals surface area contributed by atoms with E-state index in [4.69, 9.17) is 4.98 Å². The Morgan fingerprint density at radius 3 is 2.47 bits per heavy atom. The van der Waals surface area contributed by atoms with E-state index in [0.717, 1.165) is 63.4 Å². The Kier molecular flexibility index (Phi) is 6.20. The Labute approximate surface area is 199 Å². The molecule has 0 aliphatic carbocycles. The molecule has 3 aromatic heterocycles. The number of hydrogen-bond acceptors (Lipinski definition) is 9. The zero-order valence-corrected chi connectivity index (χ0v) is 20.0. The van der Waals surface area contributed by atoms with Crippen molar-refractivity contribution in [1.29, 1.82) is 0 Å². The van der Waals surface area contributed by atoms with Gasteiger partial charge in [0.15, 0.2) is 5.65 Å². The van der Waals surface area contributed by atoms with E-state index in [1.54, 1.807) is 25.2 Å². The van der Waals surface area contributed by atoms with Gasteiger partial charge in [-0.05, 0) is 25.2 Å². The normalized spacial score (nSPS) is 17.3. The van der Waals surface area contributed by atoms with Crippen LogP contribution in [-0.4, -0.2) is 109 Å². The number of nitrogens with zero attached hydrogens (tertiary/aromatic N) is 8. The van der Waals surface area contributed by atoms with Crippen LogP contribution >= 0.6 is 0 Å². The van der Waals surface area contributed by atoms with Gasteiger partial charge in [-0.25, -0.2) is 14.6 Å². The largest absolute Gasteiger partial charge is 0.368 e. The van der Waals surface area contributed by atoms with Crippen molar-refractivity contribution in [2.45, 2.75) is 0 Å². The molecule has 0 radical (unpaired) electrons. The molecule has 34 heavy (non-hydrogen) atoms. The molecule has 180 valence electrons. The molecule has 11 heteroatoms. The summed E-state index contributed by atoms with van der Waals surface area (Å²) in [5.41, 5.74) is 2.42. The first kappa shape index (κ1) is 22.4. The van der Waals surface area contributed by atoms with Gasteiger partial charge < -0.3 is 30.3 Å².